The normalized spacial score (nSPS) is 25.0. The molecule has 1 heterocycles. The van der Waals surface area contributed by atoms with Gasteiger partial charge >= 0.3 is 5.97 Å². The van der Waals surface area contributed by atoms with Gasteiger partial charge in [-0.2, -0.15) is 11.8 Å². The molecule has 0 amide bonds. The fourth-order valence-electron chi connectivity index (χ4n) is 2.48. The van der Waals surface area contributed by atoms with Gasteiger partial charge in [0.25, 0.3) is 0 Å². The topological polar surface area (TPSA) is 49.3 Å². The van der Waals surface area contributed by atoms with Crippen LogP contribution in [0.2, 0.25) is 0 Å². The summed E-state index contributed by atoms with van der Waals surface area (Å²) in [7, 11) is 0. The van der Waals surface area contributed by atoms with Gasteiger partial charge in [-0.1, -0.05) is 6.42 Å². The molecule has 1 saturated heterocycles. The Morgan fingerprint density at radius 3 is 2.50 bits per heavy atom. The molecule has 2 fully saturated rings. The number of carbonyl (C=O) groups is 1. The lowest BCUT2D eigenvalue weighted by atomic mass is 9.86. The van der Waals surface area contributed by atoms with Crippen molar-refractivity contribution in [3.05, 3.63) is 0 Å². The second-order valence-electron chi connectivity index (χ2n) is 4.93. The highest BCUT2D eigenvalue weighted by Gasteiger charge is 2.30. The Morgan fingerprint density at radius 2 is 2.00 bits per heavy atom. The van der Waals surface area contributed by atoms with Crippen molar-refractivity contribution in [2.75, 3.05) is 18.1 Å². The van der Waals surface area contributed by atoms with Crippen LogP contribution >= 0.6 is 11.8 Å². The number of aliphatic carboxylic acids is 1. The third-order valence-electron chi connectivity index (χ3n) is 3.88. The average molecular weight is 243 g/mol. The maximum Gasteiger partial charge on any atom is 0.308 e. The summed E-state index contributed by atoms with van der Waals surface area (Å²) in [5.41, 5.74) is 0. The van der Waals surface area contributed by atoms with Crippen LogP contribution in [0.1, 0.15) is 32.1 Å². The number of carboxylic acid groups (broad SMARTS) is 1. The Morgan fingerprint density at radius 1 is 1.31 bits per heavy atom. The van der Waals surface area contributed by atoms with Crippen LogP contribution in [0.25, 0.3) is 0 Å². The van der Waals surface area contributed by atoms with E-state index >= 15 is 0 Å². The molecule has 2 aliphatic rings. The average Bonchev–Trinajstić information content (AvgIpc) is 2.22. The smallest absolute Gasteiger partial charge is 0.308 e. The van der Waals surface area contributed by atoms with Crippen LogP contribution in [0, 0.1) is 11.8 Å². The highest BCUT2D eigenvalue weighted by molar-refractivity contribution is 7.99. The number of nitrogens with one attached hydrogen (secondary N) is 1. The van der Waals surface area contributed by atoms with Crippen LogP contribution in [0.3, 0.4) is 0 Å². The van der Waals surface area contributed by atoms with Gasteiger partial charge in [0.2, 0.25) is 0 Å². The quantitative estimate of drug-likeness (QED) is 0.775. The van der Waals surface area contributed by atoms with Crippen LogP contribution in [0.4, 0.5) is 0 Å². The Labute approximate surface area is 101 Å². The van der Waals surface area contributed by atoms with Crippen molar-refractivity contribution in [2.45, 2.75) is 38.1 Å². The predicted molar refractivity (Wildman–Crippen MR) is 66.8 cm³/mol. The molecule has 1 unspecified atom stereocenters. The van der Waals surface area contributed by atoms with Gasteiger partial charge in [0.1, 0.15) is 0 Å². The second-order valence-corrected chi connectivity index (χ2v) is 6.16. The van der Waals surface area contributed by atoms with Crippen molar-refractivity contribution in [3.63, 3.8) is 0 Å². The van der Waals surface area contributed by atoms with E-state index in [1.807, 2.05) is 11.8 Å². The zero-order valence-corrected chi connectivity index (χ0v) is 10.5. The molecule has 2 N–H and O–H groups in total. The van der Waals surface area contributed by atoms with E-state index in [1.54, 1.807) is 0 Å². The summed E-state index contributed by atoms with van der Waals surface area (Å²) < 4.78 is 0. The number of thioether (sulfide) groups is 1. The molecule has 92 valence electrons. The molecule has 1 saturated carbocycles. The molecule has 0 aromatic heterocycles. The highest BCUT2D eigenvalue weighted by Crippen LogP contribution is 2.29. The summed E-state index contributed by atoms with van der Waals surface area (Å²) in [6.45, 7) is 0.676. The fraction of sp³-hybridized carbons (Fsp3) is 0.917. The standard InChI is InChI=1S/C12H21NO2S/c14-12(15)11(8-13-10-2-1-3-10)9-4-6-16-7-5-9/h9-11,13H,1-8H2,(H,14,15). The predicted octanol–water partition coefficient (Wildman–Crippen LogP) is 1.97. The lowest BCUT2D eigenvalue weighted by Crippen LogP contribution is -2.42. The van der Waals surface area contributed by atoms with E-state index in [1.165, 1.54) is 19.3 Å². The van der Waals surface area contributed by atoms with Gasteiger partial charge in [-0.05, 0) is 43.1 Å². The third kappa shape index (κ3) is 3.14. The molecule has 1 aliphatic heterocycles. The summed E-state index contributed by atoms with van der Waals surface area (Å²) in [6, 6.07) is 0.597. The number of hydrogen-bond donors (Lipinski definition) is 2. The maximum atomic E-state index is 11.3. The van der Waals surface area contributed by atoms with E-state index in [0.29, 0.717) is 18.5 Å². The zero-order valence-electron chi connectivity index (χ0n) is 9.65. The van der Waals surface area contributed by atoms with E-state index in [2.05, 4.69) is 5.32 Å². The van der Waals surface area contributed by atoms with Crippen molar-refractivity contribution in [1.82, 2.24) is 5.32 Å². The van der Waals surface area contributed by atoms with Crippen molar-refractivity contribution in [1.29, 1.82) is 0 Å². The molecule has 3 nitrogen and oxygen atoms in total. The molecule has 4 heteroatoms. The molecule has 16 heavy (non-hydrogen) atoms. The number of hydrogen-bond acceptors (Lipinski definition) is 3. The molecule has 0 spiro atoms. The molecular formula is C12H21NO2S. The third-order valence-corrected chi connectivity index (χ3v) is 4.93. The minimum absolute atomic E-state index is 0.165. The van der Waals surface area contributed by atoms with Gasteiger partial charge in [0.15, 0.2) is 0 Å². The molecule has 0 aromatic rings. The van der Waals surface area contributed by atoms with E-state index in [9.17, 15) is 9.90 Å². The molecule has 1 aliphatic carbocycles. The Hall–Kier alpha value is -0.220. The van der Waals surface area contributed by atoms with E-state index in [4.69, 9.17) is 0 Å². The van der Waals surface area contributed by atoms with Gasteiger partial charge in [0.05, 0.1) is 5.92 Å². The maximum absolute atomic E-state index is 11.3. The first kappa shape index (κ1) is 12.2. The summed E-state index contributed by atoms with van der Waals surface area (Å²) >= 11 is 1.95. The SMILES string of the molecule is O=C(O)C(CNC1CCC1)C1CCSCC1. The van der Waals surface area contributed by atoms with Gasteiger partial charge < -0.3 is 10.4 Å². The van der Waals surface area contributed by atoms with Crippen LogP contribution in [-0.4, -0.2) is 35.2 Å². The lowest BCUT2D eigenvalue weighted by molar-refractivity contribution is -0.143. The first-order valence-corrected chi connectivity index (χ1v) is 7.47. The highest BCUT2D eigenvalue weighted by atomic mass is 32.2. The second kappa shape index (κ2) is 5.92. The van der Waals surface area contributed by atoms with Gasteiger partial charge in [0, 0.05) is 12.6 Å². The first-order chi connectivity index (χ1) is 7.77. The summed E-state index contributed by atoms with van der Waals surface area (Å²) in [5, 5.41) is 12.7. The Balaban J connectivity index is 1.80. The van der Waals surface area contributed by atoms with Crippen LogP contribution < -0.4 is 5.32 Å². The lowest BCUT2D eigenvalue weighted by Gasteiger charge is -2.31. The molecule has 0 bridgehead atoms. The zero-order chi connectivity index (χ0) is 11.4. The molecule has 2 rings (SSSR count). The van der Waals surface area contributed by atoms with E-state index in [0.717, 1.165) is 24.3 Å². The van der Waals surface area contributed by atoms with Crippen LogP contribution in [0.15, 0.2) is 0 Å². The van der Waals surface area contributed by atoms with Gasteiger partial charge in [-0.25, -0.2) is 0 Å². The van der Waals surface area contributed by atoms with Gasteiger partial charge in [-0.3, -0.25) is 4.79 Å². The van der Waals surface area contributed by atoms with Crippen LogP contribution in [-0.2, 0) is 4.79 Å². The first-order valence-electron chi connectivity index (χ1n) is 6.31. The Bertz CT molecular complexity index is 237. The van der Waals surface area contributed by atoms with E-state index in [-0.39, 0.29) is 5.92 Å². The van der Waals surface area contributed by atoms with E-state index < -0.39 is 5.97 Å². The van der Waals surface area contributed by atoms with Crippen molar-refractivity contribution >= 4 is 17.7 Å². The van der Waals surface area contributed by atoms with Gasteiger partial charge in [-0.15, -0.1) is 0 Å². The molecular weight excluding hydrogens is 222 g/mol. The fourth-order valence-corrected chi connectivity index (χ4v) is 3.62. The monoisotopic (exact) mass is 243 g/mol. The van der Waals surface area contributed by atoms with Crippen molar-refractivity contribution < 1.29 is 9.90 Å². The minimum atomic E-state index is -0.608. The number of carboxylic acids is 1. The largest absolute Gasteiger partial charge is 0.481 e. The molecule has 0 radical (unpaired) electrons. The van der Waals surface area contributed by atoms with Crippen LogP contribution in [0.5, 0.6) is 0 Å². The summed E-state index contributed by atoms with van der Waals surface area (Å²) in [5.74, 6) is 1.90. The minimum Gasteiger partial charge on any atom is -0.481 e. The van der Waals surface area contributed by atoms with Crippen molar-refractivity contribution in [2.24, 2.45) is 11.8 Å². The summed E-state index contributed by atoms with van der Waals surface area (Å²) in [4.78, 5) is 11.3. The van der Waals surface area contributed by atoms with Crippen molar-refractivity contribution in [3.8, 4) is 0 Å². The Kier molecular flexibility index (Phi) is 4.53. The summed E-state index contributed by atoms with van der Waals surface area (Å²) in [6.07, 6.45) is 5.91. The molecule has 0 aromatic carbocycles. The molecule has 1 atom stereocenters. The number of rotatable bonds is 5.